The maximum atomic E-state index is 12.2. The van der Waals surface area contributed by atoms with Gasteiger partial charge in [-0.3, -0.25) is 4.79 Å². The number of urea groups is 1. The first-order chi connectivity index (χ1) is 10.1. The van der Waals surface area contributed by atoms with Crippen molar-refractivity contribution in [1.29, 1.82) is 0 Å². The van der Waals surface area contributed by atoms with Gasteiger partial charge in [0.15, 0.2) is 0 Å². The summed E-state index contributed by atoms with van der Waals surface area (Å²) in [5.74, 6) is -1.25. The molecule has 1 saturated heterocycles. The maximum absolute atomic E-state index is 12.2. The molecule has 0 bridgehead atoms. The van der Waals surface area contributed by atoms with Crippen LogP contribution in [0.5, 0.6) is 0 Å². The summed E-state index contributed by atoms with van der Waals surface area (Å²) in [5.41, 5.74) is 1.17. The van der Waals surface area contributed by atoms with Gasteiger partial charge in [-0.1, -0.05) is 30.3 Å². The van der Waals surface area contributed by atoms with Gasteiger partial charge in [0.2, 0.25) is 0 Å². The number of carbonyl (C=O) groups excluding carboxylic acids is 1. The van der Waals surface area contributed by atoms with Crippen LogP contribution in [0.25, 0.3) is 0 Å². The zero-order chi connectivity index (χ0) is 15.2. The molecule has 1 aromatic carbocycles. The second kappa shape index (κ2) is 7.11. The minimum atomic E-state index is -0.815. The number of hydrogen-bond donors (Lipinski definition) is 2. The Kier molecular flexibility index (Phi) is 5.20. The third kappa shape index (κ3) is 4.48. The number of rotatable bonds is 4. The number of carboxylic acid groups (broad SMARTS) is 1. The molecule has 5 nitrogen and oxygen atoms in total. The fourth-order valence-corrected chi connectivity index (χ4v) is 2.68. The molecule has 1 fully saturated rings. The average molecular weight is 290 g/mol. The van der Waals surface area contributed by atoms with Gasteiger partial charge in [-0.05, 0) is 31.7 Å². The Hall–Kier alpha value is -2.04. The highest BCUT2D eigenvalue weighted by molar-refractivity contribution is 5.76. The number of likely N-dealkylation sites (tertiary alicyclic amines) is 1. The van der Waals surface area contributed by atoms with Crippen molar-refractivity contribution in [2.75, 3.05) is 13.1 Å². The Labute approximate surface area is 125 Å². The lowest BCUT2D eigenvalue weighted by Gasteiger charge is -2.31. The second-order valence-electron chi connectivity index (χ2n) is 5.66. The predicted molar refractivity (Wildman–Crippen MR) is 80.1 cm³/mol. The van der Waals surface area contributed by atoms with Crippen LogP contribution < -0.4 is 5.32 Å². The molecule has 0 aromatic heterocycles. The third-order valence-corrected chi connectivity index (χ3v) is 3.81. The van der Waals surface area contributed by atoms with Gasteiger partial charge in [-0.15, -0.1) is 0 Å². The average Bonchev–Trinajstić information content (AvgIpc) is 2.48. The minimum absolute atomic E-state index is 0.0186. The largest absolute Gasteiger partial charge is 0.481 e. The van der Waals surface area contributed by atoms with Gasteiger partial charge in [0.25, 0.3) is 0 Å². The number of nitrogens with zero attached hydrogens (tertiary/aromatic N) is 1. The molecule has 1 aromatic rings. The first-order valence-electron chi connectivity index (χ1n) is 7.38. The van der Waals surface area contributed by atoms with Gasteiger partial charge in [0.05, 0.1) is 5.92 Å². The summed E-state index contributed by atoms with van der Waals surface area (Å²) in [6, 6.07) is 9.84. The van der Waals surface area contributed by atoms with E-state index >= 15 is 0 Å². The summed E-state index contributed by atoms with van der Waals surface area (Å²) in [4.78, 5) is 24.8. The van der Waals surface area contributed by atoms with E-state index in [1.165, 1.54) is 5.56 Å². The fourth-order valence-electron chi connectivity index (χ4n) is 2.68. The Morgan fingerprint density at radius 3 is 2.76 bits per heavy atom. The molecule has 2 amide bonds. The monoisotopic (exact) mass is 290 g/mol. The van der Waals surface area contributed by atoms with E-state index in [0.29, 0.717) is 19.5 Å². The van der Waals surface area contributed by atoms with Gasteiger partial charge in [-0.2, -0.15) is 0 Å². The molecule has 2 atom stereocenters. The molecule has 0 saturated carbocycles. The topological polar surface area (TPSA) is 69.6 Å². The van der Waals surface area contributed by atoms with Crippen molar-refractivity contribution < 1.29 is 14.7 Å². The van der Waals surface area contributed by atoms with E-state index in [0.717, 1.165) is 12.8 Å². The van der Waals surface area contributed by atoms with E-state index in [-0.39, 0.29) is 12.1 Å². The molecular formula is C16H22N2O3. The molecule has 0 radical (unpaired) electrons. The first kappa shape index (κ1) is 15.4. The molecule has 1 unspecified atom stereocenters. The van der Waals surface area contributed by atoms with Crippen molar-refractivity contribution in [3.8, 4) is 0 Å². The van der Waals surface area contributed by atoms with Gasteiger partial charge < -0.3 is 15.3 Å². The van der Waals surface area contributed by atoms with Gasteiger partial charge >= 0.3 is 12.0 Å². The van der Waals surface area contributed by atoms with Crippen molar-refractivity contribution >= 4 is 12.0 Å². The molecule has 2 rings (SSSR count). The zero-order valence-electron chi connectivity index (χ0n) is 12.3. The van der Waals surface area contributed by atoms with E-state index in [4.69, 9.17) is 5.11 Å². The molecule has 114 valence electrons. The van der Waals surface area contributed by atoms with Crippen molar-refractivity contribution in [2.45, 2.75) is 32.2 Å². The number of nitrogens with one attached hydrogen (secondary N) is 1. The van der Waals surface area contributed by atoms with Gasteiger partial charge in [-0.25, -0.2) is 4.79 Å². The number of benzene rings is 1. The molecule has 1 aliphatic heterocycles. The summed E-state index contributed by atoms with van der Waals surface area (Å²) < 4.78 is 0. The van der Waals surface area contributed by atoms with E-state index in [1.54, 1.807) is 4.90 Å². The smallest absolute Gasteiger partial charge is 0.317 e. The first-order valence-corrected chi connectivity index (χ1v) is 7.38. The Balaban J connectivity index is 1.84. The van der Waals surface area contributed by atoms with Crippen LogP contribution >= 0.6 is 0 Å². The van der Waals surface area contributed by atoms with E-state index in [9.17, 15) is 9.59 Å². The van der Waals surface area contributed by atoms with Crippen molar-refractivity contribution in [2.24, 2.45) is 5.92 Å². The molecule has 2 N–H and O–H groups in total. The summed E-state index contributed by atoms with van der Waals surface area (Å²) in [6.07, 6.45) is 2.17. The molecule has 21 heavy (non-hydrogen) atoms. The lowest BCUT2D eigenvalue weighted by atomic mass is 9.98. The summed E-state index contributed by atoms with van der Waals surface area (Å²) in [7, 11) is 0. The predicted octanol–water partition coefficient (Wildman–Crippen LogP) is 2.12. The highest BCUT2D eigenvalue weighted by atomic mass is 16.4. The molecule has 1 heterocycles. The maximum Gasteiger partial charge on any atom is 0.317 e. The number of amides is 2. The molecule has 1 aliphatic rings. The quantitative estimate of drug-likeness (QED) is 0.892. The van der Waals surface area contributed by atoms with Crippen molar-refractivity contribution in [1.82, 2.24) is 10.2 Å². The van der Waals surface area contributed by atoms with Gasteiger partial charge in [0.1, 0.15) is 0 Å². The van der Waals surface area contributed by atoms with E-state index < -0.39 is 11.9 Å². The summed E-state index contributed by atoms with van der Waals surface area (Å²) in [6.45, 7) is 2.90. The standard InChI is InChI=1S/C16H22N2O3/c1-12(10-13-6-3-2-4-7-13)17-16(21)18-9-5-8-14(11-18)15(19)20/h2-4,6-7,12,14H,5,8-11H2,1H3,(H,17,21)(H,19,20)/t12?,14-/m0/s1. The Bertz CT molecular complexity index is 490. The highest BCUT2D eigenvalue weighted by Gasteiger charge is 2.28. The minimum Gasteiger partial charge on any atom is -0.481 e. The van der Waals surface area contributed by atoms with Crippen LogP contribution in [0.2, 0.25) is 0 Å². The van der Waals surface area contributed by atoms with Gasteiger partial charge in [0, 0.05) is 19.1 Å². The van der Waals surface area contributed by atoms with Crippen LogP contribution in [-0.2, 0) is 11.2 Å². The van der Waals surface area contributed by atoms with Crippen LogP contribution in [0.3, 0.4) is 0 Å². The molecule has 0 spiro atoms. The summed E-state index contributed by atoms with van der Waals surface area (Å²) in [5, 5.41) is 12.0. The molecular weight excluding hydrogens is 268 g/mol. The number of hydrogen-bond acceptors (Lipinski definition) is 2. The van der Waals surface area contributed by atoms with E-state index in [1.807, 2.05) is 37.3 Å². The van der Waals surface area contributed by atoms with Crippen molar-refractivity contribution in [3.05, 3.63) is 35.9 Å². The van der Waals surface area contributed by atoms with Crippen LogP contribution in [0.4, 0.5) is 4.79 Å². The summed E-state index contributed by atoms with van der Waals surface area (Å²) >= 11 is 0. The van der Waals surface area contributed by atoms with E-state index in [2.05, 4.69) is 5.32 Å². The molecule has 5 heteroatoms. The third-order valence-electron chi connectivity index (χ3n) is 3.81. The SMILES string of the molecule is CC(Cc1ccccc1)NC(=O)N1CCC[C@H](C(=O)O)C1. The number of aliphatic carboxylic acids is 1. The number of carboxylic acids is 1. The lowest BCUT2D eigenvalue weighted by Crippen LogP contribution is -2.49. The zero-order valence-corrected chi connectivity index (χ0v) is 12.3. The van der Waals surface area contributed by atoms with Crippen molar-refractivity contribution in [3.63, 3.8) is 0 Å². The lowest BCUT2D eigenvalue weighted by molar-refractivity contribution is -0.143. The Morgan fingerprint density at radius 1 is 1.38 bits per heavy atom. The van der Waals surface area contributed by atoms with Crippen LogP contribution in [0.15, 0.2) is 30.3 Å². The fraction of sp³-hybridized carbons (Fsp3) is 0.500. The van der Waals surface area contributed by atoms with Crippen LogP contribution in [-0.4, -0.2) is 41.1 Å². The van der Waals surface area contributed by atoms with Crippen LogP contribution in [0.1, 0.15) is 25.3 Å². The Morgan fingerprint density at radius 2 is 2.10 bits per heavy atom. The number of piperidine rings is 1. The number of carbonyl (C=O) groups is 2. The van der Waals surface area contributed by atoms with Crippen LogP contribution in [0, 0.1) is 5.92 Å². The highest BCUT2D eigenvalue weighted by Crippen LogP contribution is 2.16. The molecule has 0 aliphatic carbocycles. The normalized spacial score (nSPS) is 19.9. The second-order valence-corrected chi connectivity index (χ2v) is 5.66.